The molecule has 1 amide bonds. The third kappa shape index (κ3) is 3.65. The Morgan fingerprint density at radius 2 is 2.07 bits per heavy atom. The number of aryl methyl sites for hydroxylation is 1. The minimum atomic E-state index is -0.126. The van der Waals surface area contributed by atoms with Gasteiger partial charge in [-0.05, 0) is 44.2 Å². The molecule has 0 unspecified atom stereocenters. The molecule has 0 atom stereocenters. The number of anilines is 1. The molecule has 4 heterocycles. The van der Waals surface area contributed by atoms with E-state index in [-0.39, 0.29) is 18.3 Å². The van der Waals surface area contributed by atoms with Crippen molar-refractivity contribution in [3.63, 3.8) is 0 Å². The van der Waals surface area contributed by atoms with Crippen molar-refractivity contribution in [3.05, 3.63) is 52.7 Å². The van der Waals surface area contributed by atoms with Crippen LogP contribution in [-0.2, 0) is 19.5 Å². The highest BCUT2D eigenvalue weighted by atomic mass is 35.5. The molecule has 0 radical (unpaired) electrons. The van der Waals surface area contributed by atoms with Crippen LogP contribution in [0.15, 0.2) is 36.5 Å². The number of nitrogens with one attached hydrogen (secondary N) is 1. The number of fused-ring (bicyclic) bond motifs is 2. The molecular weight excluding hydrogens is 438 g/mol. The van der Waals surface area contributed by atoms with E-state index >= 15 is 0 Å². The Labute approximate surface area is 189 Å². The average molecular weight is 460 g/mol. The van der Waals surface area contributed by atoms with E-state index in [1.54, 1.807) is 39.6 Å². The van der Waals surface area contributed by atoms with Gasteiger partial charge in [0.05, 0.1) is 10.2 Å². The molecule has 156 valence electrons. The monoisotopic (exact) mass is 459 g/mol. The van der Waals surface area contributed by atoms with Gasteiger partial charge in [0.25, 0.3) is 5.91 Å². The lowest BCUT2D eigenvalue weighted by molar-refractivity contribution is 0.101. The Morgan fingerprint density at radius 1 is 1.23 bits per heavy atom. The molecule has 9 heteroatoms. The van der Waals surface area contributed by atoms with E-state index in [4.69, 9.17) is 4.98 Å². The van der Waals surface area contributed by atoms with Gasteiger partial charge in [-0.15, -0.1) is 35.1 Å². The normalized spacial score (nSPS) is 13.8. The van der Waals surface area contributed by atoms with E-state index in [1.165, 1.54) is 10.4 Å². The van der Waals surface area contributed by atoms with Crippen molar-refractivity contribution in [1.29, 1.82) is 0 Å². The molecule has 1 aliphatic rings. The molecule has 0 fully saturated rings. The van der Waals surface area contributed by atoms with E-state index in [9.17, 15) is 4.79 Å². The number of nitrogens with zero attached hydrogens (tertiary/aromatic N) is 4. The summed E-state index contributed by atoms with van der Waals surface area (Å²) < 4.78 is 2.88. The van der Waals surface area contributed by atoms with Crippen molar-refractivity contribution < 1.29 is 4.79 Å². The summed E-state index contributed by atoms with van der Waals surface area (Å²) in [4.78, 5) is 21.5. The molecule has 0 bridgehead atoms. The average Bonchev–Trinajstić information content (AvgIpc) is 3.43. The van der Waals surface area contributed by atoms with Gasteiger partial charge in [0.2, 0.25) is 0 Å². The Morgan fingerprint density at radius 3 is 2.87 bits per heavy atom. The maximum absolute atomic E-state index is 13.0. The van der Waals surface area contributed by atoms with Crippen LogP contribution in [0.1, 0.15) is 27.9 Å². The highest BCUT2D eigenvalue weighted by molar-refractivity contribution is 7.22. The second kappa shape index (κ2) is 8.47. The van der Waals surface area contributed by atoms with Gasteiger partial charge >= 0.3 is 0 Å². The molecule has 6 nitrogen and oxygen atoms in total. The highest BCUT2D eigenvalue weighted by Gasteiger charge is 2.27. The zero-order valence-electron chi connectivity index (χ0n) is 16.7. The number of rotatable bonds is 4. The van der Waals surface area contributed by atoms with E-state index in [2.05, 4.69) is 28.4 Å². The number of carbonyl (C=O) groups is 1. The first-order valence-corrected chi connectivity index (χ1v) is 11.3. The standard InChI is InChI=1S/C21H21N5OS2.ClH/c1-3-26-15(8-10-22-26)19(27)24-21-18(13-9-11-25(2)12-17(13)29-21)20-23-14-6-4-5-7-16(14)28-20;/h4-8,10H,3,9,11-12H2,1-2H3,(H,24,27);1H. The molecule has 1 aromatic carbocycles. The van der Waals surface area contributed by atoms with E-state index in [1.807, 2.05) is 25.1 Å². The first-order chi connectivity index (χ1) is 14.1. The van der Waals surface area contributed by atoms with E-state index in [0.717, 1.165) is 45.3 Å². The van der Waals surface area contributed by atoms with Crippen LogP contribution in [0.2, 0.25) is 0 Å². The number of halogens is 1. The van der Waals surface area contributed by atoms with Gasteiger partial charge in [-0.2, -0.15) is 5.10 Å². The Hall–Kier alpha value is -2.26. The van der Waals surface area contributed by atoms with E-state index < -0.39 is 0 Å². The predicted molar refractivity (Wildman–Crippen MR) is 126 cm³/mol. The van der Waals surface area contributed by atoms with Crippen molar-refractivity contribution in [2.75, 3.05) is 18.9 Å². The number of thiazole rings is 1. The number of para-hydroxylation sites is 1. The van der Waals surface area contributed by atoms with Gasteiger partial charge in [0.1, 0.15) is 15.7 Å². The van der Waals surface area contributed by atoms with Crippen molar-refractivity contribution >= 4 is 56.2 Å². The number of benzene rings is 1. The fourth-order valence-corrected chi connectivity index (χ4v) is 6.20. The van der Waals surface area contributed by atoms with Crippen molar-refractivity contribution in [2.45, 2.75) is 26.4 Å². The molecule has 0 aliphatic carbocycles. The summed E-state index contributed by atoms with van der Waals surface area (Å²) in [5, 5.41) is 9.26. The Balaban J connectivity index is 0.00000218. The molecule has 1 aliphatic heterocycles. The van der Waals surface area contributed by atoms with Crippen LogP contribution in [-0.4, -0.2) is 39.2 Å². The largest absolute Gasteiger partial charge is 0.312 e. The zero-order valence-corrected chi connectivity index (χ0v) is 19.2. The smallest absolute Gasteiger partial charge is 0.274 e. The molecule has 1 N–H and O–H groups in total. The molecule has 0 saturated carbocycles. The fourth-order valence-electron chi connectivity index (χ4n) is 3.77. The van der Waals surface area contributed by atoms with E-state index in [0.29, 0.717) is 12.2 Å². The second-order valence-corrected chi connectivity index (χ2v) is 9.30. The number of hydrogen-bond acceptors (Lipinski definition) is 6. The lowest BCUT2D eigenvalue weighted by Crippen LogP contribution is -2.25. The Kier molecular flexibility index (Phi) is 5.92. The molecule has 4 aromatic rings. The Bertz CT molecular complexity index is 1180. The quantitative estimate of drug-likeness (QED) is 0.471. The maximum atomic E-state index is 13.0. The van der Waals surface area contributed by atoms with Crippen molar-refractivity contribution in [2.24, 2.45) is 0 Å². The fraction of sp³-hybridized carbons (Fsp3) is 0.286. The topological polar surface area (TPSA) is 63.1 Å². The van der Waals surface area contributed by atoms with Crippen molar-refractivity contribution in [1.82, 2.24) is 19.7 Å². The van der Waals surface area contributed by atoms with Crippen molar-refractivity contribution in [3.8, 4) is 10.6 Å². The second-order valence-electron chi connectivity index (χ2n) is 7.17. The molecule has 5 rings (SSSR count). The van der Waals surface area contributed by atoms with Crippen LogP contribution in [0.25, 0.3) is 20.8 Å². The SMILES string of the molecule is CCn1nccc1C(=O)Nc1sc2c(c1-c1nc3ccccc3s1)CCN(C)C2.Cl. The summed E-state index contributed by atoms with van der Waals surface area (Å²) in [6.07, 6.45) is 2.64. The maximum Gasteiger partial charge on any atom is 0.274 e. The van der Waals surface area contributed by atoms with Gasteiger partial charge in [0, 0.05) is 36.3 Å². The van der Waals surface area contributed by atoms with Gasteiger partial charge < -0.3 is 10.2 Å². The third-order valence-electron chi connectivity index (χ3n) is 5.23. The summed E-state index contributed by atoms with van der Waals surface area (Å²) in [5.41, 5.74) is 4.00. The third-order valence-corrected chi connectivity index (χ3v) is 7.42. The number of amides is 1. The van der Waals surface area contributed by atoms with Crippen LogP contribution >= 0.6 is 35.1 Å². The van der Waals surface area contributed by atoms with Gasteiger partial charge in [-0.25, -0.2) is 4.98 Å². The number of thiophene rings is 1. The summed E-state index contributed by atoms with van der Waals surface area (Å²) in [5.74, 6) is -0.126. The summed E-state index contributed by atoms with van der Waals surface area (Å²) in [7, 11) is 2.14. The summed E-state index contributed by atoms with van der Waals surface area (Å²) in [6, 6.07) is 9.95. The zero-order chi connectivity index (χ0) is 20.0. The predicted octanol–water partition coefficient (Wildman–Crippen LogP) is 4.90. The first kappa shape index (κ1) is 21.0. The molecule has 0 spiro atoms. The van der Waals surface area contributed by atoms with Gasteiger partial charge in [-0.1, -0.05) is 12.1 Å². The lowest BCUT2D eigenvalue weighted by Gasteiger charge is -2.22. The van der Waals surface area contributed by atoms with Gasteiger partial charge in [0.15, 0.2) is 0 Å². The van der Waals surface area contributed by atoms with Crippen LogP contribution in [0.4, 0.5) is 5.00 Å². The number of likely N-dealkylation sites (N-methyl/N-ethyl adjacent to an activating group) is 1. The van der Waals surface area contributed by atoms with Crippen LogP contribution in [0.5, 0.6) is 0 Å². The highest BCUT2D eigenvalue weighted by Crippen LogP contribution is 2.45. The molecule has 30 heavy (non-hydrogen) atoms. The van der Waals surface area contributed by atoms with Gasteiger partial charge in [-0.3, -0.25) is 9.48 Å². The minimum Gasteiger partial charge on any atom is -0.312 e. The number of hydrogen-bond donors (Lipinski definition) is 1. The molecule has 0 saturated heterocycles. The first-order valence-electron chi connectivity index (χ1n) is 9.66. The van der Waals surface area contributed by atoms with Crippen LogP contribution in [0.3, 0.4) is 0 Å². The number of carbonyl (C=O) groups excluding carboxylic acids is 1. The number of aromatic nitrogens is 3. The molecular formula is C21H22ClN5OS2. The lowest BCUT2D eigenvalue weighted by atomic mass is 10.0. The summed E-state index contributed by atoms with van der Waals surface area (Å²) >= 11 is 3.36. The van der Waals surface area contributed by atoms with Crippen LogP contribution in [0, 0.1) is 0 Å². The summed E-state index contributed by atoms with van der Waals surface area (Å²) in [6.45, 7) is 4.56. The minimum absolute atomic E-state index is 0. The molecule has 3 aromatic heterocycles. The van der Waals surface area contributed by atoms with Crippen LogP contribution < -0.4 is 5.32 Å².